The van der Waals surface area contributed by atoms with Crippen molar-refractivity contribution >= 4 is 23.6 Å². The zero-order chi connectivity index (χ0) is 7.72. The van der Waals surface area contributed by atoms with Crippen LogP contribution < -0.4 is 5.73 Å². The van der Waals surface area contributed by atoms with Gasteiger partial charge in [0.15, 0.2) is 0 Å². The number of amides is 2. The van der Waals surface area contributed by atoms with Gasteiger partial charge in [0.25, 0.3) is 5.91 Å². The molecule has 0 aliphatic carbocycles. The molecule has 0 aromatic heterocycles. The lowest BCUT2D eigenvalue weighted by molar-refractivity contribution is -0.142. The Bertz CT molecular complexity index is 182. The first-order chi connectivity index (χ1) is 4.63. The summed E-state index contributed by atoms with van der Waals surface area (Å²) in [6.07, 6.45) is 0.664. The first-order valence-electron chi connectivity index (χ1n) is 2.91. The summed E-state index contributed by atoms with van der Waals surface area (Å²) in [5.74, 6) is -0.869. The van der Waals surface area contributed by atoms with Crippen LogP contribution in [0.25, 0.3) is 0 Å². The van der Waals surface area contributed by atoms with Gasteiger partial charge in [-0.05, 0) is 6.42 Å². The number of hydrogen-bond donors (Lipinski definition) is 1. The van der Waals surface area contributed by atoms with Crippen LogP contribution in [0, 0.1) is 0 Å². The third-order valence-corrected chi connectivity index (χ3v) is 1.75. The van der Waals surface area contributed by atoms with Crippen LogP contribution >= 0.6 is 11.8 Å². The zero-order valence-corrected chi connectivity index (χ0v) is 5.97. The van der Waals surface area contributed by atoms with Crippen LogP contribution in [-0.4, -0.2) is 22.3 Å². The van der Waals surface area contributed by atoms with Crippen LogP contribution in [0.2, 0.25) is 0 Å². The first kappa shape index (κ1) is 7.50. The highest BCUT2D eigenvalue weighted by Crippen LogP contribution is 2.12. The standard InChI is InChI=1S/C5H7ClN2O2/c6-8-4(9)2-1-3(7)5(8)10/h3H,1-2,7H2. The second kappa shape index (κ2) is 2.56. The average molecular weight is 163 g/mol. The van der Waals surface area contributed by atoms with E-state index in [1.54, 1.807) is 0 Å². The van der Waals surface area contributed by atoms with Crippen molar-refractivity contribution in [1.82, 2.24) is 4.42 Å². The number of hydrogen-bond acceptors (Lipinski definition) is 3. The molecule has 0 spiro atoms. The molecule has 0 aromatic rings. The third-order valence-electron chi connectivity index (χ3n) is 1.40. The van der Waals surface area contributed by atoms with E-state index >= 15 is 0 Å². The number of nitrogens with zero attached hydrogens (tertiary/aromatic N) is 1. The zero-order valence-electron chi connectivity index (χ0n) is 5.21. The maximum Gasteiger partial charge on any atom is 0.260 e. The van der Waals surface area contributed by atoms with Crippen molar-refractivity contribution in [2.75, 3.05) is 0 Å². The molecule has 5 heteroatoms. The Labute approximate surface area is 63.0 Å². The smallest absolute Gasteiger partial charge is 0.260 e. The SMILES string of the molecule is NC1CCC(=O)N(Cl)C1=O. The van der Waals surface area contributed by atoms with Crippen LogP contribution in [0.3, 0.4) is 0 Å². The van der Waals surface area contributed by atoms with E-state index in [0.29, 0.717) is 10.8 Å². The van der Waals surface area contributed by atoms with E-state index in [4.69, 9.17) is 17.5 Å². The predicted molar refractivity (Wildman–Crippen MR) is 34.9 cm³/mol. The fourth-order valence-corrected chi connectivity index (χ4v) is 0.979. The van der Waals surface area contributed by atoms with E-state index in [1.807, 2.05) is 0 Å². The van der Waals surface area contributed by atoms with Crippen molar-refractivity contribution in [2.45, 2.75) is 18.9 Å². The predicted octanol–water partition coefficient (Wildman–Crippen LogP) is -0.384. The van der Waals surface area contributed by atoms with Gasteiger partial charge in [0.1, 0.15) is 0 Å². The summed E-state index contributed by atoms with van der Waals surface area (Å²) < 4.78 is 0.564. The Hall–Kier alpha value is -0.610. The van der Waals surface area contributed by atoms with Crippen molar-refractivity contribution in [3.63, 3.8) is 0 Å². The lowest BCUT2D eigenvalue weighted by Crippen LogP contribution is -2.46. The van der Waals surface area contributed by atoms with Crippen molar-refractivity contribution in [3.05, 3.63) is 0 Å². The highest BCUT2D eigenvalue weighted by atomic mass is 35.5. The van der Waals surface area contributed by atoms with Crippen LogP contribution in [0.5, 0.6) is 0 Å². The summed E-state index contributed by atoms with van der Waals surface area (Å²) in [5, 5.41) is 0. The Morgan fingerprint density at radius 1 is 1.60 bits per heavy atom. The number of carbonyl (C=O) groups is 2. The van der Waals surface area contributed by atoms with Gasteiger partial charge in [0.05, 0.1) is 6.04 Å². The van der Waals surface area contributed by atoms with Gasteiger partial charge in [0.2, 0.25) is 5.91 Å². The average Bonchev–Trinajstić information content (AvgIpc) is 1.93. The van der Waals surface area contributed by atoms with Gasteiger partial charge in [-0.3, -0.25) is 9.59 Å². The van der Waals surface area contributed by atoms with E-state index in [-0.39, 0.29) is 12.3 Å². The molecule has 4 nitrogen and oxygen atoms in total. The Morgan fingerprint density at radius 3 is 2.70 bits per heavy atom. The molecule has 0 bridgehead atoms. The molecule has 1 saturated heterocycles. The van der Waals surface area contributed by atoms with Gasteiger partial charge in [-0.2, -0.15) is 4.42 Å². The van der Waals surface area contributed by atoms with Crippen molar-refractivity contribution in [2.24, 2.45) is 5.73 Å². The fraction of sp³-hybridized carbons (Fsp3) is 0.600. The van der Waals surface area contributed by atoms with E-state index in [0.717, 1.165) is 0 Å². The Kier molecular flexibility index (Phi) is 1.92. The molecule has 2 amide bonds. The minimum Gasteiger partial charge on any atom is -0.320 e. The second-order valence-electron chi connectivity index (χ2n) is 2.16. The molecule has 1 aliphatic heterocycles. The topological polar surface area (TPSA) is 63.4 Å². The lowest BCUT2D eigenvalue weighted by Gasteiger charge is -2.21. The number of rotatable bonds is 0. The van der Waals surface area contributed by atoms with Gasteiger partial charge in [-0.25, -0.2) is 0 Å². The highest BCUT2D eigenvalue weighted by molar-refractivity contribution is 6.31. The van der Waals surface area contributed by atoms with Crippen molar-refractivity contribution < 1.29 is 9.59 Å². The number of carbonyl (C=O) groups excluding carboxylic acids is 2. The van der Waals surface area contributed by atoms with Crippen molar-refractivity contribution in [1.29, 1.82) is 0 Å². The molecule has 0 aromatic carbocycles. The molecule has 1 unspecified atom stereocenters. The van der Waals surface area contributed by atoms with Crippen LogP contribution in [0.4, 0.5) is 0 Å². The first-order valence-corrected chi connectivity index (χ1v) is 3.25. The summed E-state index contributed by atoms with van der Waals surface area (Å²) in [6, 6.07) is -0.602. The van der Waals surface area contributed by atoms with Gasteiger partial charge in [0, 0.05) is 18.2 Å². The molecule has 10 heavy (non-hydrogen) atoms. The molecule has 1 aliphatic rings. The van der Waals surface area contributed by atoms with Crippen LogP contribution in [0.1, 0.15) is 12.8 Å². The largest absolute Gasteiger partial charge is 0.320 e. The summed E-state index contributed by atoms with van der Waals surface area (Å²) in [5.41, 5.74) is 5.30. The summed E-state index contributed by atoms with van der Waals surface area (Å²) >= 11 is 5.27. The number of imide groups is 1. The van der Waals surface area contributed by atoms with E-state index < -0.39 is 11.9 Å². The summed E-state index contributed by atoms with van der Waals surface area (Å²) in [7, 11) is 0. The van der Waals surface area contributed by atoms with E-state index in [1.165, 1.54) is 0 Å². The van der Waals surface area contributed by atoms with Gasteiger partial charge in [-0.15, -0.1) is 0 Å². The molecule has 56 valence electrons. The van der Waals surface area contributed by atoms with Gasteiger partial charge < -0.3 is 5.73 Å². The Morgan fingerprint density at radius 2 is 2.20 bits per heavy atom. The summed E-state index contributed by atoms with van der Waals surface area (Å²) in [6.45, 7) is 0. The Balaban J connectivity index is 2.70. The van der Waals surface area contributed by atoms with Crippen LogP contribution in [0.15, 0.2) is 0 Å². The normalized spacial score (nSPS) is 27.4. The second-order valence-corrected chi connectivity index (χ2v) is 2.50. The quantitative estimate of drug-likeness (QED) is 0.390. The molecular formula is C5H7ClN2O2. The minimum absolute atomic E-state index is 0.260. The molecule has 1 heterocycles. The molecule has 2 N–H and O–H groups in total. The van der Waals surface area contributed by atoms with Gasteiger partial charge >= 0.3 is 0 Å². The van der Waals surface area contributed by atoms with Crippen LogP contribution in [-0.2, 0) is 9.59 Å². The monoisotopic (exact) mass is 162 g/mol. The third kappa shape index (κ3) is 1.12. The number of piperidine rings is 1. The molecular weight excluding hydrogens is 156 g/mol. The van der Waals surface area contributed by atoms with Crippen molar-refractivity contribution in [3.8, 4) is 0 Å². The maximum atomic E-state index is 10.8. The molecule has 0 saturated carbocycles. The molecule has 1 rings (SSSR count). The van der Waals surface area contributed by atoms with E-state index in [2.05, 4.69) is 0 Å². The fourth-order valence-electron chi connectivity index (χ4n) is 0.769. The molecule has 1 fully saturated rings. The lowest BCUT2D eigenvalue weighted by atomic mass is 10.1. The minimum atomic E-state index is -0.602. The number of halogens is 1. The highest BCUT2D eigenvalue weighted by Gasteiger charge is 2.30. The van der Waals surface area contributed by atoms with E-state index in [9.17, 15) is 9.59 Å². The molecule has 1 atom stereocenters. The molecule has 0 radical (unpaired) electrons. The number of nitrogens with two attached hydrogens (primary N) is 1. The maximum absolute atomic E-state index is 10.8. The van der Waals surface area contributed by atoms with Gasteiger partial charge in [-0.1, -0.05) is 0 Å². The summed E-state index contributed by atoms with van der Waals surface area (Å²) in [4.78, 5) is 21.5.